The van der Waals surface area contributed by atoms with E-state index in [1.165, 1.54) is 10.4 Å². The quantitative estimate of drug-likeness (QED) is 0.191. The van der Waals surface area contributed by atoms with Crippen molar-refractivity contribution in [1.82, 2.24) is 0 Å². The highest BCUT2D eigenvalue weighted by Gasteiger charge is 2.49. The predicted molar refractivity (Wildman–Crippen MR) is 133 cm³/mol. The van der Waals surface area contributed by atoms with E-state index in [2.05, 4.69) is 81.4 Å². The van der Waals surface area contributed by atoms with Crippen LogP contribution in [0.15, 0.2) is 96.6 Å². The van der Waals surface area contributed by atoms with Gasteiger partial charge >= 0.3 is 0 Å². The first-order chi connectivity index (χ1) is 15.0. The molecule has 0 N–H and O–H groups in total. The summed E-state index contributed by atoms with van der Waals surface area (Å²) in [6.45, 7) is 7.47. The Bertz CT molecular complexity index is 934. The van der Waals surface area contributed by atoms with Crippen molar-refractivity contribution in [2.45, 2.75) is 38.7 Å². The van der Waals surface area contributed by atoms with Gasteiger partial charge in [-0.1, -0.05) is 112 Å². The number of hydrogen-bond acceptors (Lipinski definition) is 2. The average Bonchev–Trinajstić information content (AvgIpc) is 2.79. The Morgan fingerprint density at radius 2 is 1.29 bits per heavy atom. The third-order valence-corrected chi connectivity index (χ3v) is 10.7. The van der Waals surface area contributed by atoms with Crippen molar-refractivity contribution in [2.75, 3.05) is 6.61 Å². The molecule has 0 unspecified atom stereocenters. The molecule has 160 valence electrons. The smallest absolute Gasteiger partial charge is 0.261 e. The van der Waals surface area contributed by atoms with Gasteiger partial charge in [-0.05, 0) is 45.5 Å². The second-order valence-corrected chi connectivity index (χ2v) is 13.2. The van der Waals surface area contributed by atoms with Gasteiger partial charge in [0.25, 0.3) is 8.32 Å². The fraction of sp³-hybridized carbons (Fsp3) is 0.250. The van der Waals surface area contributed by atoms with Crippen LogP contribution < -0.4 is 10.4 Å². The van der Waals surface area contributed by atoms with E-state index in [1.807, 2.05) is 36.4 Å². The van der Waals surface area contributed by atoms with Gasteiger partial charge < -0.3 is 4.43 Å². The largest absolute Gasteiger partial charge is 0.407 e. The molecule has 0 aliphatic carbocycles. The Morgan fingerprint density at radius 3 is 1.74 bits per heavy atom. The SMILES string of the molecule is CC(C)(C)[Si](OCCC/C(C=O)=C\c1ccccc1)(c1ccccc1)c1ccccc1. The van der Waals surface area contributed by atoms with Crippen molar-refractivity contribution in [3.8, 4) is 0 Å². The lowest BCUT2D eigenvalue weighted by Crippen LogP contribution is -2.66. The van der Waals surface area contributed by atoms with Crippen LogP contribution in [0.5, 0.6) is 0 Å². The molecule has 0 heterocycles. The van der Waals surface area contributed by atoms with Crippen LogP contribution in [0.25, 0.3) is 6.08 Å². The summed E-state index contributed by atoms with van der Waals surface area (Å²) in [5.41, 5.74) is 1.86. The minimum absolute atomic E-state index is 0.0386. The molecular formula is C28H32O2Si. The standard InChI is InChI=1S/C28H32O2Si/c1-28(2,3)31(26-17-9-5-10-18-26,27-19-11-6-12-20-27)30-21-13-16-25(23-29)22-24-14-7-4-8-15-24/h4-12,14-15,17-20,22-23H,13,16,21H2,1-3H3/b25-22+. The molecule has 3 rings (SSSR count). The maximum Gasteiger partial charge on any atom is 0.261 e. The van der Waals surface area contributed by atoms with E-state index in [-0.39, 0.29) is 5.04 Å². The van der Waals surface area contributed by atoms with Crippen molar-refractivity contribution in [1.29, 1.82) is 0 Å². The predicted octanol–water partition coefficient (Wildman–Crippen LogP) is 5.63. The summed E-state index contributed by atoms with van der Waals surface area (Å²) in [4.78, 5) is 11.6. The maximum absolute atomic E-state index is 11.6. The van der Waals surface area contributed by atoms with Crippen molar-refractivity contribution in [3.05, 3.63) is 102 Å². The highest BCUT2D eigenvalue weighted by Crippen LogP contribution is 2.36. The van der Waals surface area contributed by atoms with E-state index in [0.717, 1.165) is 23.8 Å². The minimum Gasteiger partial charge on any atom is -0.407 e. The first kappa shape index (κ1) is 22.9. The molecular weight excluding hydrogens is 396 g/mol. The monoisotopic (exact) mass is 428 g/mol. The summed E-state index contributed by atoms with van der Waals surface area (Å²) in [7, 11) is -2.51. The highest BCUT2D eigenvalue weighted by molar-refractivity contribution is 6.99. The van der Waals surface area contributed by atoms with Gasteiger partial charge in [-0.15, -0.1) is 0 Å². The van der Waals surface area contributed by atoms with Crippen molar-refractivity contribution in [3.63, 3.8) is 0 Å². The molecule has 0 radical (unpaired) electrons. The molecule has 3 aromatic rings. The van der Waals surface area contributed by atoms with Crippen LogP contribution in [0.3, 0.4) is 0 Å². The van der Waals surface area contributed by atoms with E-state index in [4.69, 9.17) is 4.43 Å². The van der Waals surface area contributed by atoms with Crippen LogP contribution in [0, 0.1) is 0 Å². The number of carbonyl (C=O) groups is 1. The Hall–Kier alpha value is -2.75. The summed E-state index contributed by atoms with van der Waals surface area (Å²) in [5, 5.41) is 2.52. The lowest BCUT2D eigenvalue weighted by molar-refractivity contribution is -0.105. The summed E-state index contributed by atoms with van der Waals surface area (Å²) in [5.74, 6) is 0. The molecule has 3 heteroatoms. The van der Waals surface area contributed by atoms with Gasteiger partial charge in [0, 0.05) is 6.61 Å². The Labute approximate surface area is 187 Å². The van der Waals surface area contributed by atoms with E-state index in [1.54, 1.807) is 0 Å². The zero-order chi connectivity index (χ0) is 22.2. The van der Waals surface area contributed by atoms with Crippen LogP contribution in [-0.4, -0.2) is 21.2 Å². The molecule has 31 heavy (non-hydrogen) atoms. The number of benzene rings is 3. The fourth-order valence-electron chi connectivity index (χ4n) is 4.19. The second-order valence-electron chi connectivity index (χ2n) is 8.86. The van der Waals surface area contributed by atoms with Gasteiger partial charge in [0.1, 0.15) is 6.29 Å². The molecule has 0 saturated carbocycles. The molecule has 0 saturated heterocycles. The summed E-state index contributed by atoms with van der Waals surface area (Å²) >= 11 is 0. The summed E-state index contributed by atoms with van der Waals surface area (Å²) < 4.78 is 6.91. The molecule has 0 bridgehead atoms. The van der Waals surface area contributed by atoms with Crippen molar-refractivity contribution >= 4 is 31.1 Å². The van der Waals surface area contributed by atoms with Gasteiger partial charge in [-0.3, -0.25) is 4.79 Å². The molecule has 0 aromatic heterocycles. The zero-order valence-electron chi connectivity index (χ0n) is 18.8. The Morgan fingerprint density at radius 1 is 0.806 bits per heavy atom. The summed E-state index contributed by atoms with van der Waals surface area (Å²) in [6, 6.07) is 31.3. The topological polar surface area (TPSA) is 26.3 Å². The van der Waals surface area contributed by atoms with Crippen LogP contribution in [0.2, 0.25) is 5.04 Å². The normalized spacial score (nSPS) is 12.5. The van der Waals surface area contributed by atoms with Gasteiger partial charge in [0.15, 0.2) is 0 Å². The van der Waals surface area contributed by atoms with Gasteiger partial charge in [0.2, 0.25) is 0 Å². The molecule has 0 aliphatic heterocycles. The Balaban J connectivity index is 1.83. The number of aldehydes is 1. The Kier molecular flexibility index (Phi) is 7.78. The first-order valence-electron chi connectivity index (χ1n) is 10.9. The van der Waals surface area contributed by atoms with E-state index in [0.29, 0.717) is 13.0 Å². The van der Waals surface area contributed by atoms with E-state index >= 15 is 0 Å². The molecule has 0 aliphatic rings. The molecule has 0 spiro atoms. The summed E-state index contributed by atoms with van der Waals surface area (Å²) in [6.07, 6.45) is 4.45. The van der Waals surface area contributed by atoms with E-state index < -0.39 is 8.32 Å². The van der Waals surface area contributed by atoms with Crippen molar-refractivity contribution < 1.29 is 9.22 Å². The van der Waals surface area contributed by atoms with Crippen LogP contribution in [-0.2, 0) is 9.22 Å². The number of allylic oxidation sites excluding steroid dienone is 1. The highest BCUT2D eigenvalue weighted by atomic mass is 28.4. The number of hydrogen-bond donors (Lipinski definition) is 0. The van der Waals surface area contributed by atoms with Gasteiger partial charge in [0.05, 0.1) is 0 Å². The molecule has 3 aromatic carbocycles. The van der Waals surface area contributed by atoms with Crippen LogP contribution >= 0.6 is 0 Å². The minimum atomic E-state index is -2.51. The molecule has 0 atom stereocenters. The first-order valence-corrected chi connectivity index (χ1v) is 12.8. The number of carbonyl (C=O) groups excluding carboxylic acids is 1. The average molecular weight is 429 g/mol. The van der Waals surface area contributed by atoms with Gasteiger partial charge in [-0.2, -0.15) is 0 Å². The van der Waals surface area contributed by atoms with Crippen molar-refractivity contribution in [2.24, 2.45) is 0 Å². The number of rotatable bonds is 9. The third kappa shape index (κ3) is 5.49. The molecule has 0 amide bonds. The molecule has 2 nitrogen and oxygen atoms in total. The third-order valence-electron chi connectivity index (χ3n) is 5.65. The van der Waals surface area contributed by atoms with Crippen LogP contribution in [0.1, 0.15) is 39.2 Å². The van der Waals surface area contributed by atoms with E-state index in [9.17, 15) is 4.79 Å². The van der Waals surface area contributed by atoms with Crippen LogP contribution in [0.4, 0.5) is 0 Å². The lowest BCUT2D eigenvalue weighted by atomic mass is 10.1. The lowest BCUT2D eigenvalue weighted by Gasteiger charge is -2.43. The zero-order valence-corrected chi connectivity index (χ0v) is 19.8. The van der Waals surface area contributed by atoms with Gasteiger partial charge in [-0.25, -0.2) is 0 Å². The molecule has 0 fully saturated rings. The second kappa shape index (κ2) is 10.5. The fourth-order valence-corrected chi connectivity index (χ4v) is 8.80. The maximum atomic E-state index is 11.6.